The molecule has 1 saturated heterocycles. The topological polar surface area (TPSA) is 55.6 Å². The van der Waals surface area contributed by atoms with Crippen molar-refractivity contribution >= 4 is 17.6 Å². The van der Waals surface area contributed by atoms with E-state index in [1.807, 2.05) is 37.3 Å². The van der Waals surface area contributed by atoms with Gasteiger partial charge in [0.25, 0.3) is 0 Å². The van der Waals surface area contributed by atoms with E-state index in [1.165, 1.54) is 25.7 Å². The molecule has 0 spiro atoms. The normalized spacial score (nSPS) is 26.5. The summed E-state index contributed by atoms with van der Waals surface area (Å²) in [6.07, 6.45) is 7.12. The maximum absolute atomic E-state index is 11.9. The summed E-state index contributed by atoms with van der Waals surface area (Å²) in [5.74, 6) is 0.825. The van der Waals surface area contributed by atoms with E-state index in [9.17, 15) is 4.79 Å². The molecule has 0 radical (unpaired) electrons. The van der Waals surface area contributed by atoms with Crippen molar-refractivity contribution in [1.82, 2.24) is 4.90 Å². The van der Waals surface area contributed by atoms with E-state index in [0.717, 1.165) is 43.4 Å². The van der Waals surface area contributed by atoms with E-state index in [4.69, 9.17) is 22.1 Å². The first-order valence-electron chi connectivity index (χ1n) is 9.95. The molecule has 1 aliphatic carbocycles. The zero-order valence-corrected chi connectivity index (χ0v) is 16.7. The molecule has 5 heteroatoms. The molecule has 2 aliphatic rings. The molecule has 1 aliphatic heterocycles. The van der Waals surface area contributed by atoms with Crippen LogP contribution in [0.1, 0.15) is 45.4 Å². The highest BCUT2D eigenvalue weighted by atomic mass is 35.5. The second-order valence-electron chi connectivity index (χ2n) is 7.29. The Balaban J connectivity index is 0.000000290. The molecular weight excluding hydrogens is 348 g/mol. The summed E-state index contributed by atoms with van der Waals surface area (Å²) in [7, 11) is 0. The summed E-state index contributed by atoms with van der Waals surface area (Å²) in [6, 6.07) is 10.1. The summed E-state index contributed by atoms with van der Waals surface area (Å²) in [5.41, 5.74) is 5.75. The summed E-state index contributed by atoms with van der Waals surface area (Å²) < 4.78 is 5.17. The Morgan fingerprint density at radius 1 is 1.19 bits per heavy atom. The molecule has 4 nitrogen and oxygen atoms in total. The fourth-order valence-corrected chi connectivity index (χ4v) is 4.10. The lowest BCUT2D eigenvalue weighted by molar-refractivity contribution is -0.150. The fourth-order valence-electron chi connectivity index (χ4n) is 3.95. The van der Waals surface area contributed by atoms with Crippen LogP contribution >= 0.6 is 11.6 Å². The lowest BCUT2D eigenvalue weighted by atomic mass is 9.84. The lowest BCUT2D eigenvalue weighted by Crippen LogP contribution is -2.46. The summed E-state index contributed by atoms with van der Waals surface area (Å²) in [6.45, 7) is 5.26. The summed E-state index contributed by atoms with van der Waals surface area (Å²) in [4.78, 5) is 14.4. The van der Waals surface area contributed by atoms with Gasteiger partial charge in [0.15, 0.2) is 0 Å². The van der Waals surface area contributed by atoms with Crippen molar-refractivity contribution in [1.29, 1.82) is 0 Å². The number of carbonyl (C=O) groups excluding carboxylic acids is 1. The number of likely N-dealkylation sites (tertiary alicyclic amines) is 1. The molecule has 146 valence electrons. The van der Waals surface area contributed by atoms with Crippen molar-refractivity contribution in [3.05, 3.63) is 35.4 Å². The fraction of sp³-hybridized carbons (Fsp3) is 0.667. The van der Waals surface area contributed by atoms with Gasteiger partial charge in [0.1, 0.15) is 0 Å². The van der Waals surface area contributed by atoms with Crippen molar-refractivity contribution < 1.29 is 9.53 Å². The number of hydrogen-bond acceptors (Lipinski definition) is 4. The Bertz CT molecular complexity index is 518. The number of hydrogen-bond donors (Lipinski definition) is 1. The summed E-state index contributed by atoms with van der Waals surface area (Å²) >= 11 is 5.54. The van der Waals surface area contributed by atoms with E-state index < -0.39 is 0 Å². The Hall–Kier alpha value is -1.10. The van der Waals surface area contributed by atoms with Crippen LogP contribution in [-0.2, 0) is 9.53 Å². The minimum atomic E-state index is 0.00263. The van der Waals surface area contributed by atoms with Gasteiger partial charge >= 0.3 is 5.97 Å². The van der Waals surface area contributed by atoms with Crippen LogP contribution in [0.4, 0.5) is 0 Å². The minimum Gasteiger partial charge on any atom is -0.466 e. The maximum atomic E-state index is 11.9. The molecule has 0 bridgehead atoms. The van der Waals surface area contributed by atoms with Gasteiger partial charge in [-0.2, -0.15) is 0 Å². The second-order valence-corrected chi connectivity index (χ2v) is 7.73. The Labute approximate surface area is 163 Å². The number of nitrogens with zero attached hydrogens (tertiary/aromatic N) is 1. The van der Waals surface area contributed by atoms with Crippen LogP contribution in [0.5, 0.6) is 0 Å². The number of carbonyl (C=O) groups is 1. The molecule has 1 unspecified atom stereocenters. The number of esters is 1. The third-order valence-corrected chi connectivity index (χ3v) is 5.72. The Morgan fingerprint density at radius 3 is 2.42 bits per heavy atom. The second kappa shape index (κ2) is 11.6. The van der Waals surface area contributed by atoms with Crippen LogP contribution in [0.15, 0.2) is 30.3 Å². The van der Waals surface area contributed by atoms with Crippen LogP contribution in [0.3, 0.4) is 0 Å². The highest BCUT2D eigenvalue weighted by Gasteiger charge is 2.32. The molecule has 1 aromatic rings. The van der Waals surface area contributed by atoms with Gasteiger partial charge in [-0.3, -0.25) is 9.69 Å². The monoisotopic (exact) mass is 380 g/mol. The van der Waals surface area contributed by atoms with Crippen molar-refractivity contribution in [2.45, 2.75) is 51.5 Å². The largest absolute Gasteiger partial charge is 0.466 e. The first-order valence-corrected chi connectivity index (χ1v) is 10.3. The van der Waals surface area contributed by atoms with E-state index in [2.05, 4.69) is 4.90 Å². The molecule has 26 heavy (non-hydrogen) atoms. The average Bonchev–Trinajstić information content (AvgIpc) is 2.69. The average molecular weight is 381 g/mol. The smallest absolute Gasteiger partial charge is 0.310 e. The standard InChI is InChI=1S/C15H28N2O2.C6H5Cl/c1-2-19-15(18)13-4-3-9-17(11-13)14-7-5-12(10-16)6-8-14;7-6-4-2-1-3-5-6/h12-14H,2-11,16H2,1H3;1-5H. The van der Waals surface area contributed by atoms with Crippen LogP contribution in [0.25, 0.3) is 0 Å². The van der Waals surface area contributed by atoms with Crippen LogP contribution in [0, 0.1) is 11.8 Å². The quantitative estimate of drug-likeness (QED) is 0.798. The number of piperidine rings is 1. The van der Waals surface area contributed by atoms with Crippen LogP contribution < -0.4 is 5.73 Å². The first-order chi connectivity index (χ1) is 12.6. The number of ether oxygens (including phenoxy) is 1. The van der Waals surface area contributed by atoms with Gasteiger partial charge in [-0.15, -0.1) is 0 Å². The molecule has 2 N–H and O–H groups in total. The molecular formula is C21H33ClN2O2. The minimum absolute atomic E-state index is 0.00263. The highest BCUT2D eigenvalue weighted by molar-refractivity contribution is 6.30. The van der Waals surface area contributed by atoms with Gasteiger partial charge < -0.3 is 10.5 Å². The van der Waals surface area contributed by atoms with E-state index in [0.29, 0.717) is 12.6 Å². The van der Waals surface area contributed by atoms with Gasteiger partial charge in [0.2, 0.25) is 0 Å². The van der Waals surface area contributed by atoms with Gasteiger partial charge in [-0.25, -0.2) is 0 Å². The zero-order chi connectivity index (χ0) is 18.8. The molecule has 1 aromatic carbocycles. The van der Waals surface area contributed by atoms with Crippen molar-refractivity contribution in [2.75, 3.05) is 26.2 Å². The molecule has 1 atom stereocenters. The SMILES string of the molecule is CCOC(=O)C1CCCN(C2CCC(CN)CC2)C1.Clc1ccccc1. The van der Waals surface area contributed by atoms with Gasteiger partial charge in [0, 0.05) is 17.6 Å². The maximum Gasteiger partial charge on any atom is 0.310 e. The van der Waals surface area contributed by atoms with Crippen LogP contribution in [0.2, 0.25) is 5.02 Å². The number of halogens is 1. The molecule has 3 rings (SSSR count). The van der Waals surface area contributed by atoms with Gasteiger partial charge in [-0.05, 0) is 76.6 Å². The van der Waals surface area contributed by atoms with Crippen molar-refractivity contribution in [2.24, 2.45) is 17.6 Å². The predicted molar refractivity (Wildman–Crippen MR) is 107 cm³/mol. The zero-order valence-electron chi connectivity index (χ0n) is 15.9. The number of benzene rings is 1. The molecule has 0 amide bonds. The molecule has 2 fully saturated rings. The third-order valence-electron chi connectivity index (χ3n) is 5.47. The van der Waals surface area contributed by atoms with E-state index in [-0.39, 0.29) is 11.9 Å². The van der Waals surface area contributed by atoms with E-state index in [1.54, 1.807) is 0 Å². The van der Waals surface area contributed by atoms with Crippen LogP contribution in [-0.4, -0.2) is 43.2 Å². The Kier molecular flexibility index (Phi) is 9.44. The number of rotatable bonds is 4. The third kappa shape index (κ3) is 6.90. The highest BCUT2D eigenvalue weighted by Crippen LogP contribution is 2.30. The molecule has 0 aromatic heterocycles. The lowest BCUT2D eigenvalue weighted by Gasteiger charge is -2.40. The summed E-state index contributed by atoms with van der Waals surface area (Å²) in [5, 5.41) is 0.794. The predicted octanol–water partition coefficient (Wildman–Crippen LogP) is 4.12. The van der Waals surface area contributed by atoms with E-state index >= 15 is 0 Å². The molecule has 1 heterocycles. The van der Waals surface area contributed by atoms with Crippen molar-refractivity contribution in [3.63, 3.8) is 0 Å². The van der Waals surface area contributed by atoms with Gasteiger partial charge in [-0.1, -0.05) is 29.8 Å². The Morgan fingerprint density at radius 2 is 1.88 bits per heavy atom. The van der Waals surface area contributed by atoms with Gasteiger partial charge in [0.05, 0.1) is 12.5 Å². The molecule has 1 saturated carbocycles. The number of nitrogens with two attached hydrogens (primary N) is 1. The van der Waals surface area contributed by atoms with Crippen molar-refractivity contribution in [3.8, 4) is 0 Å². The first kappa shape index (κ1) is 21.2.